The Bertz CT molecular complexity index is 906. The molecule has 25 heavy (non-hydrogen) atoms. The molecule has 0 spiro atoms. The number of ether oxygens (including phenoxy) is 3. The third-order valence-electron chi connectivity index (χ3n) is 3.52. The number of carbonyl (C=O) groups is 1. The number of carbonyl (C=O) groups excluding carboxylic acids is 1. The van der Waals surface area contributed by atoms with E-state index in [2.05, 4.69) is 4.99 Å². The summed E-state index contributed by atoms with van der Waals surface area (Å²) < 4.78 is 15.7. The highest BCUT2D eigenvalue weighted by Crippen LogP contribution is 2.29. The second kappa shape index (κ2) is 7.17. The molecule has 2 aromatic rings. The van der Waals surface area contributed by atoms with Gasteiger partial charge < -0.3 is 14.2 Å². The minimum atomic E-state index is -0.564. The summed E-state index contributed by atoms with van der Waals surface area (Å²) in [5.41, 5.74) is 1.35. The molecule has 0 unspecified atom stereocenters. The largest absolute Gasteiger partial charge is 0.497 e. The highest BCUT2D eigenvalue weighted by atomic mass is 35.5. The first kappa shape index (κ1) is 17.3. The fourth-order valence-corrected chi connectivity index (χ4v) is 2.56. The number of benzene rings is 2. The summed E-state index contributed by atoms with van der Waals surface area (Å²) in [5.74, 6) is 0.814. The van der Waals surface area contributed by atoms with Crippen LogP contribution in [-0.4, -0.2) is 26.1 Å². The number of aliphatic imine (C=N–C) groups is 1. The zero-order valence-electron chi connectivity index (χ0n) is 13.4. The van der Waals surface area contributed by atoms with Crippen molar-refractivity contribution in [2.24, 2.45) is 4.99 Å². The molecule has 0 fully saturated rings. The van der Waals surface area contributed by atoms with Gasteiger partial charge in [-0.05, 0) is 42.5 Å². The van der Waals surface area contributed by atoms with E-state index < -0.39 is 5.97 Å². The lowest BCUT2D eigenvalue weighted by Gasteiger charge is -2.07. The number of halogens is 2. The predicted octanol–water partition coefficient (Wildman–Crippen LogP) is 4.36. The van der Waals surface area contributed by atoms with E-state index in [0.29, 0.717) is 32.7 Å². The van der Waals surface area contributed by atoms with Gasteiger partial charge in [0, 0.05) is 11.1 Å². The quantitative estimate of drug-likeness (QED) is 0.586. The van der Waals surface area contributed by atoms with E-state index in [-0.39, 0.29) is 11.6 Å². The molecule has 0 amide bonds. The summed E-state index contributed by atoms with van der Waals surface area (Å²) in [6, 6.07) is 10.1. The molecule has 3 rings (SSSR count). The third kappa shape index (κ3) is 3.62. The Balaban J connectivity index is 2.00. The van der Waals surface area contributed by atoms with Gasteiger partial charge in [0.15, 0.2) is 5.70 Å². The van der Waals surface area contributed by atoms with Crippen LogP contribution in [0.1, 0.15) is 11.1 Å². The van der Waals surface area contributed by atoms with Crippen molar-refractivity contribution in [3.63, 3.8) is 0 Å². The van der Waals surface area contributed by atoms with Crippen LogP contribution in [0.5, 0.6) is 11.5 Å². The van der Waals surface area contributed by atoms with Gasteiger partial charge >= 0.3 is 5.97 Å². The van der Waals surface area contributed by atoms with Crippen LogP contribution in [0.15, 0.2) is 47.1 Å². The van der Waals surface area contributed by atoms with Gasteiger partial charge in [0.2, 0.25) is 5.90 Å². The molecule has 5 nitrogen and oxygen atoms in total. The molecule has 0 atom stereocenters. The number of rotatable bonds is 4. The van der Waals surface area contributed by atoms with Gasteiger partial charge in [-0.1, -0.05) is 23.2 Å². The summed E-state index contributed by atoms with van der Waals surface area (Å²) in [6.45, 7) is 0. The van der Waals surface area contributed by atoms with E-state index in [1.165, 1.54) is 0 Å². The Morgan fingerprint density at radius 3 is 2.52 bits per heavy atom. The molecular formula is C18H13Cl2NO4. The van der Waals surface area contributed by atoms with Crippen LogP contribution in [0.4, 0.5) is 0 Å². The van der Waals surface area contributed by atoms with E-state index in [0.717, 1.165) is 0 Å². The zero-order chi connectivity index (χ0) is 18.0. The van der Waals surface area contributed by atoms with E-state index in [1.54, 1.807) is 56.7 Å². The fourth-order valence-electron chi connectivity index (χ4n) is 2.26. The van der Waals surface area contributed by atoms with Gasteiger partial charge in [-0.3, -0.25) is 0 Å². The average Bonchev–Trinajstić information content (AvgIpc) is 2.98. The zero-order valence-corrected chi connectivity index (χ0v) is 14.9. The molecule has 0 aromatic heterocycles. The maximum Gasteiger partial charge on any atom is 0.363 e. The topological polar surface area (TPSA) is 57.1 Å². The lowest BCUT2D eigenvalue weighted by molar-refractivity contribution is -0.129. The van der Waals surface area contributed by atoms with Crippen LogP contribution in [0.2, 0.25) is 10.0 Å². The molecule has 0 bridgehead atoms. The van der Waals surface area contributed by atoms with Gasteiger partial charge in [-0.2, -0.15) is 0 Å². The first-order valence-corrected chi connectivity index (χ1v) is 7.97. The highest BCUT2D eigenvalue weighted by molar-refractivity contribution is 6.42. The van der Waals surface area contributed by atoms with Crippen LogP contribution in [-0.2, 0) is 9.53 Å². The minimum absolute atomic E-state index is 0.146. The number of cyclic esters (lactones) is 1. The van der Waals surface area contributed by atoms with Crippen LogP contribution >= 0.6 is 23.2 Å². The van der Waals surface area contributed by atoms with E-state index in [1.807, 2.05) is 0 Å². The van der Waals surface area contributed by atoms with Crippen LogP contribution in [0, 0.1) is 0 Å². The molecule has 2 aromatic carbocycles. The summed E-state index contributed by atoms with van der Waals surface area (Å²) >= 11 is 11.9. The van der Waals surface area contributed by atoms with Crippen molar-refractivity contribution in [1.29, 1.82) is 0 Å². The number of methoxy groups -OCH3 is 2. The Kier molecular flexibility index (Phi) is 4.97. The van der Waals surface area contributed by atoms with Crippen LogP contribution in [0.25, 0.3) is 6.08 Å². The smallest absolute Gasteiger partial charge is 0.363 e. The number of hydrogen-bond acceptors (Lipinski definition) is 5. The van der Waals surface area contributed by atoms with Gasteiger partial charge in [0.1, 0.15) is 11.5 Å². The van der Waals surface area contributed by atoms with Crippen molar-refractivity contribution in [3.8, 4) is 11.5 Å². The number of nitrogens with zero attached hydrogens (tertiary/aromatic N) is 1. The van der Waals surface area contributed by atoms with Crippen molar-refractivity contribution >= 4 is 41.1 Å². The minimum Gasteiger partial charge on any atom is -0.497 e. The molecule has 1 aliphatic heterocycles. The SMILES string of the molecule is COc1ccc(OC)c(C=C2N=C(c3ccc(Cl)c(Cl)c3)OC2=O)c1. The molecule has 7 heteroatoms. The van der Waals surface area contributed by atoms with Crippen LogP contribution in [0.3, 0.4) is 0 Å². The average molecular weight is 378 g/mol. The predicted molar refractivity (Wildman–Crippen MR) is 96.6 cm³/mol. The van der Waals surface area contributed by atoms with Crippen LogP contribution < -0.4 is 9.47 Å². The molecule has 1 aliphatic rings. The second-order valence-corrected chi connectivity index (χ2v) is 5.89. The molecule has 0 saturated carbocycles. The van der Waals surface area contributed by atoms with Crippen molar-refractivity contribution in [2.45, 2.75) is 0 Å². The lowest BCUT2D eigenvalue weighted by Crippen LogP contribution is -2.05. The monoisotopic (exact) mass is 377 g/mol. The summed E-state index contributed by atoms with van der Waals surface area (Å²) in [7, 11) is 3.10. The summed E-state index contributed by atoms with van der Waals surface area (Å²) in [4.78, 5) is 16.4. The van der Waals surface area contributed by atoms with Crippen molar-refractivity contribution in [3.05, 3.63) is 63.3 Å². The van der Waals surface area contributed by atoms with Gasteiger partial charge in [0.25, 0.3) is 0 Å². The maximum absolute atomic E-state index is 12.1. The van der Waals surface area contributed by atoms with E-state index >= 15 is 0 Å². The molecule has 0 N–H and O–H groups in total. The molecule has 128 valence electrons. The summed E-state index contributed by atoms with van der Waals surface area (Å²) in [5, 5.41) is 0.761. The Morgan fingerprint density at radius 2 is 1.84 bits per heavy atom. The molecule has 1 heterocycles. The van der Waals surface area contributed by atoms with E-state index in [4.69, 9.17) is 37.4 Å². The molecule has 0 aliphatic carbocycles. The van der Waals surface area contributed by atoms with Gasteiger partial charge in [0.05, 0.1) is 24.3 Å². The fraction of sp³-hybridized carbons (Fsp3) is 0.111. The Labute approximate surface area is 154 Å². The molecular weight excluding hydrogens is 365 g/mol. The summed E-state index contributed by atoms with van der Waals surface area (Å²) in [6.07, 6.45) is 1.58. The molecule has 0 radical (unpaired) electrons. The third-order valence-corrected chi connectivity index (χ3v) is 4.26. The normalized spacial score (nSPS) is 15.1. The Hall–Kier alpha value is -2.50. The Morgan fingerprint density at radius 1 is 1.04 bits per heavy atom. The van der Waals surface area contributed by atoms with Gasteiger partial charge in [-0.15, -0.1) is 0 Å². The second-order valence-electron chi connectivity index (χ2n) is 5.07. The molecule has 0 saturated heterocycles. The lowest BCUT2D eigenvalue weighted by atomic mass is 10.1. The van der Waals surface area contributed by atoms with Crippen molar-refractivity contribution < 1.29 is 19.0 Å². The standard InChI is InChI=1S/C18H13Cl2NO4/c1-23-12-4-6-16(24-2)11(7-12)9-15-18(22)25-17(21-15)10-3-5-13(19)14(20)8-10/h3-9H,1-2H3. The highest BCUT2D eigenvalue weighted by Gasteiger charge is 2.25. The maximum atomic E-state index is 12.1. The van der Waals surface area contributed by atoms with Crippen molar-refractivity contribution in [2.75, 3.05) is 14.2 Å². The number of hydrogen-bond donors (Lipinski definition) is 0. The number of esters is 1. The first-order chi connectivity index (χ1) is 12.0. The first-order valence-electron chi connectivity index (χ1n) is 7.22. The van der Waals surface area contributed by atoms with Gasteiger partial charge in [-0.25, -0.2) is 9.79 Å². The van der Waals surface area contributed by atoms with Crippen molar-refractivity contribution in [1.82, 2.24) is 0 Å². The van der Waals surface area contributed by atoms with E-state index in [9.17, 15) is 4.79 Å².